The van der Waals surface area contributed by atoms with Crippen LogP contribution in [0.25, 0.3) is 22.0 Å². The molecule has 0 bridgehead atoms. The lowest BCUT2D eigenvalue weighted by molar-refractivity contribution is 0.0949. The van der Waals surface area contributed by atoms with Gasteiger partial charge in [0.2, 0.25) is 0 Å². The van der Waals surface area contributed by atoms with Crippen molar-refractivity contribution in [3.8, 4) is 5.75 Å². The zero-order chi connectivity index (χ0) is 22.8. The summed E-state index contributed by atoms with van der Waals surface area (Å²) in [6.07, 6.45) is 3.14. The van der Waals surface area contributed by atoms with Crippen molar-refractivity contribution in [2.24, 2.45) is 0 Å². The van der Waals surface area contributed by atoms with Crippen molar-refractivity contribution in [2.75, 3.05) is 26.7 Å². The minimum atomic E-state index is -0.587. The van der Waals surface area contributed by atoms with E-state index >= 15 is 0 Å². The number of aliphatic hydroxyl groups is 1. The molecule has 2 aromatic heterocycles. The second kappa shape index (κ2) is 9.35. The van der Waals surface area contributed by atoms with Crippen LogP contribution in [0.2, 0.25) is 0 Å². The van der Waals surface area contributed by atoms with Gasteiger partial charge in [0, 0.05) is 24.5 Å². The molecule has 0 amide bonds. The van der Waals surface area contributed by atoms with Crippen molar-refractivity contribution in [1.29, 1.82) is 0 Å². The molecule has 33 heavy (non-hydrogen) atoms. The van der Waals surface area contributed by atoms with Crippen LogP contribution >= 0.6 is 0 Å². The molecule has 2 aromatic carbocycles. The molecular formula is C25H28N4O4. The Morgan fingerprint density at radius 1 is 1.27 bits per heavy atom. The molecule has 5 rings (SSSR count). The number of H-pyrrole nitrogens is 1. The number of oxazole rings is 1. The molecule has 1 saturated heterocycles. The summed E-state index contributed by atoms with van der Waals surface area (Å²) in [5.41, 5.74) is 4.15. The number of nitrogens with zero attached hydrogens (tertiary/aromatic N) is 2. The lowest BCUT2D eigenvalue weighted by atomic mass is 10.0. The summed E-state index contributed by atoms with van der Waals surface area (Å²) in [5.74, 6) is 0.260. The fourth-order valence-electron chi connectivity index (χ4n) is 4.59. The highest BCUT2D eigenvalue weighted by atomic mass is 16.5. The topological polar surface area (TPSA) is 104 Å². The number of benzene rings is 2. The number of β-amino-alcohol motifs (C(OH)–C–C–N with tert-alkyl or cyclic N) is 1. The molecule has 3 N–H and O–H groups in total. The van der Waals surface area contributed by atoms with Gasteiger partial charge in [-0.05, 0) is 61.3 Å². The Hall–Kier alpha value is -3.20. The van der Waals surface area contributed by atoms with Gasteiger partial charge in [-0.1, -0.05) is 18.2 Å². The van der Waals surface area contributed by atoms with Crippen LogP contribution in [-0.2, 0) is 6.54 Å². The van der Waals surface area contributed by atoms with Gasteiger partial charge in [-0.3, -0.25) is 9.97 Å². The zero-order valence-corrected chi connectivity index (χ0v) is 18.6. The van der Waals surface area contributed by atoms with Gasteiger partial charge >= 0.3 is 5.76 Å². The number of aromatic amines is 1. The lowest BCUT2D eigenvalue weighted by Crippen LogP contribution is -2.43. The first-order valence-corrected chi connectivity index (χ1v) is 11.3. The molecule has 1 aliphatic rings. The van der Waals surface area contributed by atoms with Crippen LogP contribution in [-0.4, -0.2) is 52.8 Å². The first kappa shape index (κ1) is 21.6. The molecule has 1 aliphatic heterocycles. The van der Waals surface area contributed by atoms with E-state index in [4.69, 9.17) is 9.15 Å². The number of pyridine rings is 1. The summed E-state index contributed by atoms with van der Waals surface area (Å²) in [7, 11) is 1.62. The van der Waals surface area contributed by atoms with E-state index in [0.29, 0.717) is 23.9 Å². The molecule has 8 heteroatoms. The molecule has 4 aromatic rings. The minimum absolute atomic E-state index is 0.420. The van der Waals surface area contributed by atoms with Crippen molar-refractivity contribution in [3.05, 3.63) is 70.3 Å². The molecule has 172 valence electrons. The molecular weight excluding hydrogens is 420 g/mol. The number of fused-ring (bicyclic) bond motifs is 2. The first-order chi connectivity index (χ1) is 16.1. The van der Waals surface area contributed by atoms with E-state index in [1.165, 1.54) is 0 Å². The summed E-state index contributed by atoms with van der Waals surface area (Å²) in [6.45, 7) is 3.18. The molecule has 1 unspecified atom stereocenters. The predicted octanol–water partition coefficient (Wildman–Crippen LogP) is 2.97. The summed E-state index contributed by atoms with van der Waals surface area (Å²) >= 11 is 0. The number of likely N-dealkylation sites (tertiary alicyclic amines) is 1. The summed E-state index contributed by atoms with van der Waals surface area (Å²) in [5, 5.41) is 15.5. The molecule has 1 atom stereocenters. The maximum Gasteiger partial charge on any atom is 0.417 e. The van der Waals surface area contributed by atoms with Crippen molar-refractivity contribution in [3.63, 3.8) is 0 Å². The highest BCUT2D eigenvalue weighted by Crippen LogP contribution is 2.27. The van der Waals surface area contributed by atoms with Gasteiger partial charge in [0.15, 0.2) is 5.58 Å². The van der Waals surface area contributed by atoms with E-state index in [1.54, 1.807) is 13.3 Å². The Balaban J connectivity index is 1.16. The average molecular weight is 449 g/mol. The van der Waals surface area contributed by atoms with Crippen molar-refractivity contribution in [1.82, 2.24) is 20.2 Å². The Kier molecular flexibility index (Phi) is 6.13. The number of hydrogen-bond acceptors (Lipinski definition) is 7. The summed E-state index contributed by atoms with van der Waals surface area (Å²) in [4.78, 5) is 20.8. The van der Waals surface area contributed by atoms with Crippen LogP contribution in [0.4, 0.5) is 0 Å². The predicted molar refractivity (Wildman–Crippen MR) is 126 cm³/mol. The van der Waals surface area contributed by atoms with Gasteiger partial charge in [0.05, 0.1) is 30.4 Å². The standard InChI is InChI=1S/C25H28N4O4/c1-32-18-12-20-19(3-2-4-21(20)27-14-18)23(30)15-29-9-7-17(8-10-29)26-13-16-5-6-24-22(11-16)28-25(31)33-24/h2-6,11-12,14,17,23,26,30H,7-10,13,15H2,1H3,(H,28,31). The Labute approximate surface area is 191 Å². The highest BCUT2D eigenvalue weighted by Gasteiger charge is 2.22. The normalized spacial score (nSPS) is 16.4. The van der Waals surface area contributed by atoms with Gasteiger partial charge in [-0.15, -0.1) is 0 Å². The SMILES string of the molecule is COc1cnc2cccc(C(O)CN3CCC(NCc4ccc5oc(=O)[nH]c5c4)CC3)c2c1. The zero-order valence-electron chi connectivity index (χ0n) is 18.6. The monoisotopic (exact) mass is 448 g/mol. The second-order valence-corrected chi connectivity index (χ2v) is 8.61. The smallest absolute Gasteiger partial charge is 0.417 e. The molecule has 0 radical (unpaired) electrons. The minimum Gasteiger partial charge on any atom is -0.495 e. The quantitative estimate of drug-likeness (QED) is 0.399. The van der Waals surface area contributed by atoms with Crippen LogP contribution in [0.5, 0.6) is 5.75 Å². The van der Waals surface area contributed by atoms with E-state index in [-0.39, 0.29) is 0 Å². The Morgan fingerprint density at radius 2 is 2.12 bits per heavy atom. The van der Waals surface area contributed by atoms with Crippen LogP contribution in [0.1, 0.15) is 30.1 Å². The average Bonchev–Trinajstić information content (AvgIpc) is 3.22. The third-order valence-corrected chi connectivity index (χ3v) is 6.43. The summed E-state index contributed by atoms with van der Waals surface area (Å²) < 4.78 is 10.4. The van der Waals surface area contributed by atoms with Crippen molar-refractivity contribution < 1.29 is 14.3 Å². The Morgan fingerprint density at radius 3 is 2.94 bits per heavy atom. The molecule has 0 saturated carbocycles. The van der Waals surface area contributed by atoms with Gasteiger partial charge in [0.1, 0.15) is 5.75 Å². The maximum absolute atomic E-state index is 11.3. The van der Waals surface area contributed by atoms with Gasteiger partial charge < -0.3 is 24.5 Å². The van der Waals surface area contributed by atoms with Crippen LogP contribution in [0, 0.1) is 0 Å². The number of rotatable bonds is 7. The largest absolute Gasteiger partial charge is 0.495 e. The lowest BCUT2D eigenvalue weighted by Gasteiger charge is -2.33. The number of aromatic nitrogens is 2. The maximum atomic E-state index is 11.3. The van der Waals surface area contributed by atoms with E-state index < -0.39 is 11.9 Å². The Bertz CT molecular complexity index is 1310. The molecule has 8 nitrogen and oxygen atoms in total. The molecule has 0 spiro atoms. The molecule has 3 heterocycles. The number of nitrogens with one attached hydrogen (secondary N) is 2. The third kappa shape index (κ3) is 4.78. The van der Waals surface area contributed by atoms with Gasteiger partial charge in [-0.25, -0.2) is 4.79 Å². The number of methoxy groups -OCH3 is 1. The fourth-order valence-corrected chi connectivity index (χ4v) is 4.59. The van der Waals surface area contributed by atoms with Crippen molar-refractivity contribution in [2.45, 2.75) is 31.5 Å². The van der Waals surface area contributed by atoms with Crippen molar-refractivity contribution >= 4 is 22.0 Å². The van der Waals surface area contributed by atoms with E-state index in [9.17, 15) is 9.90 Å². The summed E-state index contributed by atoms with van der Waals surface area (Å²) in [6, 6.07) is 14.0. The number of piperidine rings is 1. The number of hydrogen-bond donors (Lipinski definition) is 3. The van der Waals surface area contributed by atoms with E-state index in [2.05, 4.69) is 20.2 Å². The second-order valence-electron chi connectivity index (χ2n) is 8.61. The van der Waals surface area contributed by atoms with Crippen LogP contribution < -0.4 is 15.8 Å². The number of ether oxygens (including phenoxy) is 1. The number of aliphatic hydroxyl groups excluding tert-OH is 1. The van der Waals surface area contributed by atoms with Gasteiger partial charge in [0.25, 0.3) is 0 Å². The van der Waals surface area contributed by atoms with E-state index in [1.807, 2.05) is 42.5 Å². The van der Waals surface area contributed by atoms with Crippen LogP contribution in [0.3, 0.4) is 0 Å². The van der Waals surface area contributed by atoms with E-state index in [0.717, 1.165) is 60.0 Å². The van der Waals surface area contributed by atoms with Gasteiger partial charge in [-0.2, -0.15) is 0 Å². The molecule has 1 fully saturated rings. The third-order valence-electron chi connectivity index (χ3n) is 6.43. The highest BCUT2D eigenvalue weighted by molar-refractivity contribution is 5.83. The first-order valence-electron chi connectivity index (χ1n) is 11.3. The van der Waals surface area contributed by atoms with Crippen LogP contribution in [0.15, 0.2) is 57.9 Å². The molecule has 0 aliphatic carbocycles. The fraction of sp³-hybridized carbons (Fsp3) is 0.360.